The van der Waals surface area contributed by atoms with E-state index in [0.29, 0.717) is 12.5 Å². The van der Waals surface area contributed by atoms with Crippen LogP contribution in [0.4, 0.5) is 5.69 Å². The Morgan fingerprint density at radius 1 is 1.00 bits per heavy atom. The molecule has 0 saturated carbocycles. The van der Waals surface area contributed by atoms with Crippen molar-refractivity contribution in [3.63, 3.8) is 0 Å². The van der Waals surface area contributed by atoms with Crippen LogP contribution >= 0.6 is 0 Å². The summed E-state index contributed by atoms with van der Waals surface area (Å²) in [7, 11) is 0. The number of benzene rings is 2. The van der Waals surface area contributed by atoms with Gasteiger partial charge in [-0.1, -0.05) is 48.5 Å². The van der Waals surface area contributed by atoms with Gasteiger partial charge in [0.05, 0.1) is 6.42 Å². The summed E-state index contributed by atoms with van der Waals surface area (Å²) in [4.78, 5) is 17.2. The van der Waals surface area contributed by atoms with Crippen molar-refractivity contribution in [3.8, 4) is 0 Å². The van der Waals surface area contributed by atoms with Crippen molar-refractivity contribution in [1.29, 1.82) is 0 Å². The molecule has 0 radical (unpaired) electrons. The smallest absolute Gasteiger partial charge is 0.227 e. The lowest BCUT2D eigenvalue weighted by molar-refractivity contribution is -0.131. The largest absolute Gasteiger partial charge is 0.365 e. The molecule has 3 heteroatoms. The number of piperazine rings is 1. The van der Waals surface area contributed by atoms with Crippen LogP contribution in [0.2, 0.25) is 0 Å². The Balaban J connectivity index is 1.45. The maximum absolute atomic E-state index is 12.6. The average molecular weight is 306 g/mol. The lowest BCUT2D eigenvalue weighted by Gasteiger charge is -2.46. The first-order valence-electron chi connectivity index (χ1n) is 8.47. The Hall–Kier alpha value is -2.29. The van der Waals surface area contributed by atoms with E-state index in [0.717, 1.165) is 38.0 Å². The van der Waals surface area contributed by atoms with E-state index in [1.165, 1.54) is 11.3 Å². The molecule has 2 aliphatic heterocycles. The van der Waals surface area contributed by atoms with Gasteiger partial charge in [0, 0.05) is 31.4 Å². The summed E-state index contributed by atoms with van der Waals surface area (Å²) in [5, 5.41) is 0. The second-order valence-corrected chi connectivity index (χ2v) is 6.52. The van der Waals surface area contributed by atoms with Crippen LogP contribution in [0.1, 0.15) is 17.5 Å². The Bertz CT molecular complexity index is 698. The third-order valence-corrected chi connectivity index (χ3v) is 5.08. The lowest BCUT2D eigenvalue weighted by Crippen LogP contribution is -2.56. The van der Waals surface area contributed by atoms with Gasteiger partial charge in [0.15, 0.2) is 0 Å². The molecule has 4 rings (SSSR count). The molecule has 2 aromatic carbocycles. The molecule has 1 saturated heterocycles. The molecule has 0 bridgehead atoms. The standard InChI is InChI=1S/C20H22N2O/c23-20(14-16-6-2-1-3-7-16)21-12-13-22-18(15-21)11-10-17-8-4-5-9-19(17)22/h1-9,18H,10-15H2. The molecule has 2 heterocycles. The zero-order valence-corrected chi connectivity index (χ0v) is 13.3. The maximum atomic E-state index is 12.6. The Morgan fingerprint density at radius 3 is 2.65 bits per heavy atom. The number of anilines is 1. The zero-order chi connectivity index (χ0) is 15.6. The Morgan fingerprint density at radius 2 is 1.78 bits per heavy atom. The summed E-state index contributed by atoms with van der Waals surface area (Å²) < 4.78 is 0. The van der Waals surface area contributed by atoms with E-state index < -0.39 is 0 Å². The van der Waals surface area contributed by atoms with Crippen LogP contribution in [0.25, 0.3) is 0 Å². The SMILES string of the molecule is O=C(Cc1ccccc1)N1CCN2c3ccccc3CCC2C1. The van der Waals surface area contributed by atoms with Crippen LogP contribution in [0, 0.1) is 0 Å². The summed E-state index contributed by atoms with van der Waals surface area (Å²) in [6, 6.07) is 19.2. The minimum atomic E-state index is 0.259. The van der Waals surface area contributed by atoms with E-state index >= 15 is 0 Å². The van der Waals surface area contributed by atoms with Crippen LogP contribution in [0.5, 0.6) is 0 Å². The average Bonchev–Trinajstić information content (AvgIpc) is 2.62. The molecule has 0 aromatic heterocycles. The van der Waals surface area contributed by atoms with E-state index in [2.05, 4.69) is 34.1 Å². The number of carbonyl (C=O) groups is 1. The van der Waals surface area contributed by atoms with Crippen molar-refractivity contribution in [2.45, 2.75) is 25.3 Å². The van der Waals surface area contributed by atoms with E-state index in [-0.39, 0.29) is 5.91 Å². The molecule has 1 fully saturated rings. The molecule has 118 valence electrons. The molecule has 3 nitrogen and oxygen atoms in total. The molecular weight excluding hydrogens is 284 g/mol. The number of fused-ring (bicyclic) bond motifs is 3. The summed E-state index contributed by atoms with van der Waals surface area (Å²) in [6.45, 7) is 2.64. The number of nitrogens with zero attached hydrogens (tertiary/aromatic N) is 2. The predicted molar refractivity (Wildman–Crippen MR) is 92.6 cm³/mol. The normalized spacial score (nSPS) is 19.9. The molecule has 2 aromatic rings. The van der Waals surface area contributed by atoms with Crippen LogP contribution < -0.4 is 4.90 Å². The highest BCUT2D eigenvalue weighted by Gasteiger charge is 2.32. The summed E-state index contributed by atoms with van der Waals surface area (Å²) in [6.07, 6.45) is 2.79. The molecule has 1 atom stereocenters. The van der Waals surface area contributed by atoms with E-state index in [1.807, 2.05) is 30.3 Å². The summed E-state index contributed by atoms with van der Waals surface area (Å²) in [5.41, 5.74) is 3.93. The van der Waals surface area contributed by atoms with Gasteiger partial charge in [-0.15, -0.1) is 0 Å². The zero-order valence-electron chi connectivity index (χ0n) is 13.3. The van der Waals surface area contributed by atoms with Crippen molar-refractivity contribution in [2.75, 3.05) is 24.5 Å². The number of carbonyl (C=O) groups excluding carboxylic acids is 1. The fraction of sp³-hybridized carbons (Fsp3) is 0.350. The first kappa shape index (κ1) is 14.3. The maximum Gasteiger partial charge on any atom is 0.227 e. The highest BCUT2D eigenvalue weighted by Crippen LogP contribution is 2.32. The molecule has 2 aliphatic rings. The third kappa shape index (κ3) is 2.83. The summed E-state index contributed by atoms with van der Waals surface area (Å²) in [5.74, 6) is 0.259. The second kappa shape index (κ2) is 6.07. The van der Waals surface area contributed by atoms with Crippen molar-refractivity contribution < 1.29 is 4.79 Å². The van der Waals surface area contributed by atoms with E-state index in [4.69, 9.17) is 0 Å². The fourth-order valence-corrected chi connectivity index (χ4v) is 3.85. The number of hydrogen-bond donors (Lipinski definition) is 0. The number of rotatable bonds is 2. The molecule has 0 spiro atoms. The van der Waals surface area contributed by atoms with Gasteiger partial charge in [0.25, 0.3) is 0 Å². The summed E-state index contributed by atoms with van der Waals surface area (Å²) >= 11 is 0. The van der Waals surface area contributed by atoms with Crippen LogP contribution in [-0.2, 0) is 17.6 Å². The molecule has 1 amide bonds. The van der Waals surface area contributed by atoms with Gasteiger partial charge in [-0.25, -0.2) is 0 Å². The van der Waals surface area contributed by atoms with Crippen molar-refractivity contribution in [1.82, 2.24) is 4.90 Å². The van der Waals surface area contributed by atoms with Crippen LogP contribution in [-0.4, -0.2) is 36.5 Å². The highest BCUT2D eigenvalue weighted by molar-refractivity contribution is 5.79. The first-order valence-corrected chi connectivity index (χ1v) is 8.47. The minimum Gasteiger partial charge on any atom is -0.365 e. The molecule has 0 aliphatic carbocycles. The van der Waals surface area contributed by atoms with E-state index in [1.54, 1.807) is 0 Å². The van der Waals surface area contributed by atoms with Gasteiger partial charge in [-0.2, -0.15) is 0 Å². The molecule has 1 unspecified atom stereocenters. The highest BCUT2D eigenvalue weighted by atomic mass is 16.2. The fourth-order valence-electron chi connectivity index (χ4n) is 3.85. The Kier molecular flexibility index (Phi) is 3.78. The van der Waals surface area contributed by atoms with Gasteiger partial charge >= 0.3 is 0 Å². The van der Waals surface area contributed by atoms with Crippen molar-refractivity contribution >= 4 is 11.6 Å². The Labute approximate surface area is 137 Å². The monoisotopic (exact) mass is 306 g/mol. The minimum absolute atomic E-state index is 0.259. The number of para-hydroxylation sites is 1. The van der Waals surface area contributed by atoms with Gasteiger partial charge in [-0.05, 0) is 30.0 Å². The molecular formula is C20H22N2O. The topological polar surface area (TPSA) is 23.6 Å². The predicted octanol–water partition coefficient (Wildman–Crippen LogP) is 2.89. The second-order valence-electron chi connectivity index (χ2n) is 6.52. The molecule has 0 N–H and O–H groups in total. The van der Waals surface area contributed by atoms with Gasteiger partial charge in [-0.3, -0.25) is 4.79 Å². The quantitative estimate of drug-likeness (QED) is 0.852. The van der Waals surface area contributed by atoms with Gasteiger partial charge < -0.3 is 9.80 Å². The molecule has 23 heavy (non-hydrogen) atoms. The number of amides is 1. The van der Waals surface area contributed by atoms with Gasteiger partial charge in [0.1, 0.15) is 0 Å². The lowest BCUT2D eigenvalue weighted by atomic mass is 9.93. The van der Waals surface area contributed by atoms with Crippen LogP contribution in [0.15, 0.2) is 54.6 Å². The number of hydrogen-bond acceptors (Lipinski definition) is 2. The van der Waals surface area contributed by atoms with Crippen molar-refractivity contribution in [3.05, 3.63) is 65.7 Å². The van der Waals surface area contributed by atoms with Gasteiger partial charge in [0.2, 0.25) is 5.91 Å². The number of aryl methyl sites for hydroxylation is 1. The van der Waals surface area contributed by atoms with E-state index in [9.17, 15) is 4.79 Å². The van der Waals surface area contributed by atoms with Crippen LogP contribution in [0.3, 0.4) is 0 Å². The third-order valence-electron chi connectivity index (χ3n) is 5.08. The van der Waals surface area contributed by atoms with Crippen molar-refractivity contribution in [2.24, 2.45) is 0 Å². The first-order chi connectivity index (χ1) is 11.3.